The van der Waals surface area contributed by atoms with E-state index in [2.05, 4.69) is 0 Å². The van der Waals surface area contributed by atoms with Gasteiger partial charge in [-0.2, -0.15) is 0 Å². The summed E-state index contributed by atoms with van der Waals surface area (Å²) >= 11 is 0. The fourth-order valence-corrected chi connectivity index (χ4v) is 5.74. The molecule has 156 valence electrons. The van der Waals surface area contributed by atoms with Gasteiger partial charge in [0.2, 0.25) is 0 Å². The van der Waals surface area contributed by atoms with Gasteiger partial charge in [0.1, 0.15) is 5.75 Å². The van der Waals surface area contributed by atoms with E-state index in [0.29, 0.717) is 25.1 Å². The van der Waals surface area contributed by atoms with Crippen LogP contribution in [0.5, 0.6) is 5.75 Å². The molecule has 0 bridgehead atoms. The molecular weight excluding hydrogens is 398 g/mol. The van der Waals surface area contributed by atoms with Crippen LogP contribution in [-0.2, 0) is 16.4 Å². The molecule has 0 radical (unpaired) electrons. The Morgan fingerprint density at radius 2 is 1.77 bits per heavy atom. The average molecular weight is 424 g/mol. The van der Waals surface area contributed by atoms with Crippen LogP contribution in [0.15, 0.2) is 66.7 Å². The van der Waals surface area contributed by atoms with Crippen molar-refractivity contribution < 1.29 is 17.9 Å². The first-order chi connectivity index (χ1) is 14.5. The van der Waals surface area contributed by atoms with Crippen LogP contribution in [0.1, 0.15) is 29.3 Å². The van der Waals surface area contributed by atoms with Crippen LogP contribution in [-0.4, -0.2) is 43.4 Å². The molecule has 1 amide bonds. The van der Waals surface area contributed by atoms with Gasteiger partial charge in [-0.1, -0.05) is 48.5 Å². The topological polar surface area (TPSA) is 63.7 Å². The summed E-state index contributed by atoms with van der Waals surface area (Å²) in [6.07, 6.45) is 0.468. The molecule has 0 saturated carbocycles. The Kier molecular flexibility index (Phi) is 5.77. The second-order valence-electron chi connectivity index (χ2n) is 7.59. The molecule has 0 aliphatic carbocycles. The Morgan fingerprint density at radius 3 is 2.47 bits per heavy atom. The van der Waals surface area contributed by atoms with Crippen molar-refractivity contribution in [3.8, 4) is 5.75 Å². The second-order valence-corrected chi connectivity index (χ2v) is 9.82. The summed E-state index contributed by atoms with van der Waals surface area (Å²) in [7, 11) is -3.12. The van der Waals surface area contributed by atoms with Gasteiger partial charge in [0.15, 0.2) is 9.84 Å². The molecule has 0 aromatic heterocycles. The van der Waals surface area contributed by atoms with Gasteiger partial charge in [-0.25, -0.2) is 8.42 Å². The van der Waals surface area contributed by atoms with Crippen molar-refractivity contribution in [1.82, 2.24) is 4.90 Å². The molecule has 1 heterocycles. The predicted octanol–water partition coefficient (Wildman–Crippen LogP) is 4.07. The van der Waals surface area contributed by atoms with Gasteiger partial charge in [0, 0.05) is 18.2 Å². The standard InChI is InChI=1S/C24H25NO4S/c1-2-29-21-12-10-18(11-13-21)16-25(20-14-15-30(27,28)17-20)24(26)23-9-5-7-19-6-3-4-8-22(19)23/h3-13,20H,2,14-17H2,1H3/t20-/m1/s1. The van der Waals surface area contributed by atoms with Crippen molar-refractivity contribution in [1.29, 1.82) is 0 Å². The van der Waals surface area contributed by atoms with Gasteiger partial charge >= 0.3 is 0 Å². The summed E-state index contributed by atoms with van der Waals surface area (Å²) in [4.78, 5) is 15.4. The molecule has 0 spiro atoms. The van der Waals surface area contributed by atoms with E-state index in [4.69, 9.17) is 4.74 Å². The van der Waals surface area contributed by atoms with E-state index in [9.17, 15) is 13.2 Å². The quantitative estimate of drug-likeness (QED) is 0.600. The number of carbonyl (C=O) groups is 1. The van der Waals surface area contributed by atoms with Crippen LogP contribution >= 0.6 is 0 Å². The number of hydrogen-bond acceptors (Lipinski definition) is 4. The minimum Gasteiger partial charge on any atom is -0.494 e. The number of ether oxygens (including phenoxy) is 1. The molecule has 5 nitrogen and oxygen atoms in total. The smallest absolute Gasteiger partial charge is 0.255 e. The Morgan fingerprint density at radius 1 is 1.03 bits per heavy atom. The second kappa shape index (κ2) is 8.48. The molecule has 4 rings (SSSR count). The van der Waals surface area contributed by atoms with Crippen molar-refractivity contribution in [3.05, 3.63) is 77.9 Å². The van der Waals surface area contributed by atoms with E-state index in [1.54, 1.807) is 4.90 Å². The Balaban J connectivity index is 1.68. The van der Waals surface area contributed by atoms with E-state index in [-0.39, 0.29) is 23.5 Å². The lowest BCUT2D eigenvalue weighted by molar-refractivity contribution is 0.0683. The first-order valence-electron chi connectivity index (χ1n) is 10.2. The zero-order chi connectivity index (χ0) is 21.1. The van der Waals surface area contributed by atoms with Crippen molar-refractivity contribution in [2.45, 2.75) is 25.9 Å². The normalized spacial score (nSPS) is 17.7. The zero-order valence-corrected chi connectivity index (χ0v) is 17.8. The van der Waals surface area contributed by atoms with E-state index in [1.165, 1.54) is 0 Å². The Labute approximate surface area is 177 Å². The molecule has 1 atom stereocenters. The highest BCUT2D eigenvalue weighted by Crippen LogP contribution is 2.26. The summed E-state index contributed by atoms with van der Waals surface area (Å²) in [6, 6.07) is 20.7. The number of benzene rings is 3. The highest BCUT2D eigenvalue weighted by molar-refractivity contribution is 7.91. The highest BCUT2D eigenvalue weighted by Gasteiger charge is 2.35. The Bertz CT molecular complexity index is 1150. The van der Waals surface area contributed by atoms with Crippen LogP contribution in [0.4, 0.5) is 0 Å². The molecule has 3 aromatic rings. The largest absolute Gasteiger partial charge is 0.494 e. The van der Waals surface area contributed by atoms with Crippen LogP contribution in [0, 0.1) is 0 Å². The van der Waals surface area contributed by atoms with Crippen molar-refractivity contribution >= 4 is 26.5 Å². The van der Waals surface area contributed by atoms with Crippen LogP contribution < -0.4 is 4.74 Å². The molecular formula is C24H25NO4S. The van der Waals surface area contributed by atoms with E-state index in [0.717, 1.165) is 22.1 Å². The molecule has 1 aliphatic heterocycles. The first kappa shape index (κ1) is 20.4. The maximum absolute atomic E-state index is 13.6. The minimum atomic E-state index is -3.12. The van der Waals surface area contributed by atoms with Gasteiger partial charge in [-0.3, -0.25) is 4.79 Å². The van der Waals surface area contributed by atoms with Gasteiger partial charge in [-0.05, 0) is 47.9 Å². The van der Waals surface area contributed by atoms with Gasteiger partial charge in [0.25, 0.3) is 5.91 Å². The molecule has 30 heavy (non-hydrogen) atoms. The SMILES string of the molecule is CCOc1ccc(CN(C(=O)c2cccc3ccccc23)[C@@H]2CCS(=O)(=O)C2)cc1. The number of sulfone groups is 1. The van der Waals surface area contributed by atoms with Gasteiger partial charge in [0.05, 0.1) is 18.1 Å². The third-order valence-electron chi connectivity index (χ3n) is 5.52. The van der Waals surface area contributed by atoms with Crippen LogP contribution in [0.3, 0.4) is 0 Å². The molecule has 0 unspecified atom stereocenters. The first-order valence-corrected chi connectivity index (χ1v) is 12.0. The summed E-state index contributed by atoms with van der Waals surface area (Å²) in [5.41, 5.74) is 1.54. The fraction of sp³-hybridized carbons (Fsp3) is 0.292. The molecule has 6 heteroatoms. The minimum absolute atomic E-state index is 0.0144. The van der Waals surface area contributed by atoms with Crippen molar-refractivity contribution in [2.75, 3.05) is 18.1 Å². The number of carbonyl (C=O) groups excluding carboxylic acids is 1. The predicted molar refractivity (Wildman–Crippen MR) is 118 cm³/mol. The lowest BCUT2D eigenvalue weighted by Crippen LogP contribution is -2.40. The van der Waals surface area contributed by atoms with Crippen molar-refractivity contribution in [2.24, 2.45) is 0 Å². The average Bonchev–Trinajstić information content (AvgIpc) is 3.12. The lowest BCUT2D eigenvalue weighted by Gasteiger charge is -2.29. The maximum Gasteiger partial charge on any atom is 0.255 e. The van der Waals surface area contributed by atoms with Gasteiger partial charge < -0.3 is 9.64 Å². The number of rotatable bonds is 6. The van der Waals surface area contributed by atoms with Crippen LogP contribution in [0.2, 0.25) is 0 Å². The summed E-state index contributed by atoms with van der Waals surface area (Å²) < 4.78 is 29.8. The highest BCUT2D eigenvalue weighted by atomic mass is 32.2. The Hall–Kier alpha value is -2.86. The molecule has 1 fully saturated rings. The fourth-order valence-electron chi connectivity index (χ4n) is 4.01. The van der Waals surface area contributed by atoms with E-state index in [1.807, 2.05) is 73.7 Å². The third kappa shape index (κ3) is 4.33. The number of amides is 1. The summed E-state index contributed by atoms with van der Waals surface area (Å²) in [6.45, 7) is 2.87. The molecule has 1 saturated heterocycles. The molecule has 0 N–H and O–H groups in total. The monoisotopic (exact) mass is 423 g/mol. The van der Waals surface area contributed by atoms with E-state index < -0.39 is 9.84 Å². The maximum atomic E-state index is 13.6. The number of hydrogen-bond donors (Lipinski definition) is 0. The third-order valence-corrected chi connectivity index (χ3v) is 7.27. The van der Waals surface area contributed by atoms with Crippen molar-refractivity contribution in [3.63, 3.8) is 0 Å². The molecule has 3 aromatic carbocycles. The van der Waals surface area contributed by atoms with E-state index >= 15 is 0 Å². The van der Waals surface area contributed by atoms with Crippen LogP contribution in [0.25, 0.3) is 10.8 Å². The number of nitrogens with zero attached hydrogens (tertiary/aromatic N) is 1. The summed E-state index contributed by atoms with van der Waals surface area (Å²) in [5.74, 6) is 0.778. The van der Waals surface area contributed by atoms with Gasteiger partial charge in [-0.15, -0.1) is 0 Å². The lowest BCUT2D eigenvalue weighted by atomic mass is 10.0. The number of fused-ring (bicyclic) bond motifs is 1. The zero-order valence-electron chi connectivity index (χ0n) is 17.0. The molecule has 1 aliphatic rings. The summed E-state index contributed by atoms with van der Waals surface area (Å²) in [5, 5.41) is 1.87.